The lowest BCUT2D eigenvalue weighted by molar-refractivity contribution is -0.137. The number of carbonyl (C=O) groups is 1. The second-order valence-corrected chi connectivity index (χ2v) is 2.92. The van der Waals surface area contributed by atoms with Crippen molar-refractivity contribution in [3.8, 4) is 0 Å². The third-order valence-corrected chi connectivity index (χ3v) is 1.44. The topological polar surface area (TPSA) is 29.5 Å². The molecule has 0 aromatic heterocycles. The second-order valence-electron chi connectivity index (χ2n) is 2.70. The zero-order valence-corrected chi connectivity index (χ0v) is 8.23. The van der Waals surface area contributed by atoms with Crippen LogP contribution in [0.25, 0.3) is 0 Å². The van der Waals surface area contributed by atoms with E-state index in [4.69, 9.17) is 11.6 Å². The highest BCUT2D eigenvalue weighted by Crippen LogP contribution is 2.01. The molecule has 0 amide bonds. The zero-order chi connectivity index (χ0) is 9.56. The fourth-order valence-electron chi connectivity index (χ4n) is 0.612. The smallest absolute Gasteiger partial charge is 0.334 e. The fourth-order valence-corrected chi connectivity index (χ4v) is 0.711. The lowest BCUT2D eigenvalue weighted by Gasteiger charge is -2.09. The summed E-state index contributed by atoms with van der Waals surface area (Å²) in [5, 5.41) is 0. The molecule has 0 aliphatic carbocycles. The molecule has 70 valence electrons. The van der Waals surface area contributed by atoms with Gasteiger partial charge in [-0.3, -0.25) is 0 Å². The minimum absolute atomic E-state index is 0.111. The SMILES string of the molecule is C=C(CCN(C)C)C(=O)OCCl. The van der Waals surface area contributed by atoms with E-state index in [1.807, 2.05) is 19.0 Å². The number of rotatable bonds is 5. The molecule has 0 aliphatic rings. The highest BCUT2D eigenvalue weighted by molar-refractivity contribution is 6.17. The van der Waals surface area contributed by atoms with Crippen LogP contribution < -0.4 is 0 Å². The molecule has 0 bridgehead atoms. The third kappa shape index (κ3) is 5.16. The molecule has 0 aliphatic heterocycles. The highest BCUT2D eigenvalue weighted by atomic mass is 35.5. The van der Waals surface area contributed by atoms with Crippen molar-refractivity contribution in [2.75, 3.05) is 26.7 Å². The maximum atomic E-state index is 10.9. The summed E-state index contributed by atoms with van der Waals surface area (Å²) < 4.78 is 4.54. The summed E-state index contributed by atoms with van der Waals surface area (Å²) in [4.78, 5) is 12.9. The average Bonchev–Trinajstić information content (AvgIpc) is 2.00. The summed E-state index contributed by atoms with van der Waals surface area (Å²) in [5.74, 6) is -0.410. The summed E-state index contributed by atoms with van der Waals surface area (Å²) in [6.45, 7) is 4.37. The first-order valence-corrected chi connectivity index (χ1v) is 4.17. The number of ether oxygens (including phenoxy) is 1. The molecule has 0 saturated heterocycles. The van der Waals surface area contributed by atoms with Crippen LogP contribution in [0.1, 0.15) is 6.42 Å². The van der Waals surface area contributed by atoms with Crippen LogP contribution in [0.15, 0.2) is 12.2 Å². The standard InChI is InChI=1S/C8H14ClNO2/c1-7(4-5-10(2)3)8(11)12-6-9/h1,4-6H2,2-3H3. The molecule has 0 rings (SSSR count). The molecule has 0 aromatic rings. The Hall–Kier alpha value is -0.540. The van der Waals surface area contributed by atoms with Crippen molar-refractivity contribution in [1.82, 2.24) is 4.90 Å². The van der Waals surface area contributed by atoms with Crippen LogP contribution in [0.5, 0.6) is 0 Å². The molecule has 0 unspecified atom stereocenters. The van der Waals surface area contributed by atoms with Crippen molar-refractivity contribution < 1.29 is 9.53 Å². The number of hydrogen-bond acceptors (Lipinski definition) is 3. The van der Waals surface area contributed by atoms with Crippen LogP contribution in [0.3, 0.4) is 0 Å². The first-order chi connectivity index (χ1) is 5.57. The van der Waals surface area contributed by atoms with E-state index in [0.717, 1.165) is 6.54 Å². The van der Waals surface area contributed by atoms with E-state index in [1.54, 1.807) is 0 Å². The summed E-state index contributed by atoms with van der Waals surface area (Å²) in [6, 6.07) is -0.111. The van der Waals surface area contributed by atoms with Crippen LogP contribution in [0, 0.1) is 0 Å². The summed E-state index contributed by atoms with van der Waals surface area (Å²) in [7, 11) is 3.86. The molecule has 4 heteroatoms. The van der Waals surface area contributed by atoms with Gasteiger partial charge in [-0.2, -0.15) is 0 Å². The lowest BCUT2D eigenvalue weighted by atomic mass is 10.2. The van der Waals surface area contributed by atoms with Crippen molar-refractivity contribution in [1.29, 1.82) is 0 Å². The molecule has 0 radical (unpaired) electrons. The Labute approximate surface area is 77.9 Å². The van der Waals surface area contributed by atoms with Crippen LogP contribution >= 0.6 is 11.6 Å². The largest absolute Gasteiger partial charge is 0.446 e. The van der Waals surface area contributed by atoms with Gasteiger partial charge >= 0.3 is 5.97 Å². The van der Waals surface area contributed by atoms with Crippen LogP contribution in [0.2, 0.25) is 0 Å². The van der Waals surface area contributed by atoms with Crippen LogP contribution in [-0.2, 0) is 9.53 Å². The molecule has 0 heterocycles. The van der Waals surface area contributed by atoms with Crippen LogP contribution in [0.4, 0.5) is 0 Å². The number of halogens is 1. The Morgan fingerprint density at radius 2 is 2.17 bits per heavy atom. The van der Waals surface area contributed by atoms with Crippen molar-refractivity contribution >= 4 is 17.6 Å². The van der Waals surface area contributed by atoms with Gasteiger partial charge in [-0.15, -0.1) is 0 Å². The minimum Gasteiger partial charge on any atom is -0.446 e. The van der Waals surface area contributed by atoms with Gasteiger partial charge in [0.1, 0.15) is 0 Å². The van der Waals surface area contributed by atoms with E-state index in [0.29, 0.717) is 12.0 Å². The Morgan fingerprint density at radius 3 is 2.58 bits per heavy atom. The van der Waals surface area contributed by atoms with E-state index >= 15 is 0 Å². The van der Waals surface area contributed by atoms with E-state index in [2.05, 4.69) is 11.3 Å². The molecule has 0 spiro atoms. The third-order valence-electron chi connectivity index (χ3n) is 1.34. The molecule has 0 saturated carbocycles. The summed E-state index contributed by atoms with van der Waals surface area (Å²) >= 11 is 5.21. The maximum Gasteiger partial charge on any atom is 0.334 e. The van der Waals surface area contributed by atoms with E-state index in [9.17, 15) is 4.79 Å². The van der Waals surface area contributed by atoms with Gasteiger partial charge in [-0.1, -0.05) is 18.2 Å². The van der Waals surface area contributed by atoms with E-state index < -0.39 is 5.97 Å². The molecule has 0 fully saturated rings. The first kappa shape index (κ1) is 11.5. The molecule has 0 N–H and O–H groups in total. The number of carbonyl (C=O) groups excluding carboxylic acids is 1. The normalized spacial score (nSPS) is 10.0. The number of hydrogen-bond donors (Lipinski definition) is 0. The van der Waals surface area contributed by atoms with E-state index in [1.165, 1.54) is 0 Å². The van der Waals surface area contributed by atoms with Gasteiger partial charge in [-0.25, -0.2) is 4.79 Å². The zero-order valence-electron chi connectivity index (χ0n) is 7.47. The quantitative estimate of drug-likeness (QED) is 0.372. The summed E-state index contributed by atoms with van der Waals surface area (Å²) in [6.07, 6.45) is 0.614. The Kier molecular flexibility index (Phi) is 5.76. The Bertz CT molecular complexity index is 168. The monoisotopic (exact) mass is 191 g/mol. The van der Waals surface area contributed by atoms with Gasteiger partial charge in [0.2, 0.25) is 0 Å². The van der Waals surface area contributed by atoms with Gasteiger partial charge in [0.25, 0.3) is 0 Å². The molecular weight excluding hydrogens is 178 g/mol. The lowest BCUT2D eigenvalue weighted by Crippen LogP contribution is -2.16. The average molecular weight is 192 g/mol. The van der Waals surface area contributed by atoms with Crippen molar-refractivity contribution in [2.24, 2.45) is 0 Å². The van der Waals surface area contributed by atoms with Crippen LogP contribution in [-0.4, -0.2) is 37.6 Å². The molecular formula is C8H14ClNO2. The Morgan fingerprint density at radius 1 is 1.58 bits per heavy atom. The van der Waals surface area contributed by atoms with Gasteiger partial charge in [-0.05, 0) is 20.5 Å². The minimum atomic E-state index is -0.410. The van der Waals surface area contributed by atoms with Gasteiger partial charge in [0.15, 0.2) is 6.07 Å². The van der Waals surface area contributed by atoms with Gasteiger partial charge in [0, 0.05) is 12.1 Å². The predicted octanol–water partition coefficient (Wildman–Crippen LogP) is 1.23. The molecule has 12 heavy (non-hydrogen) atoms. The van der Waals surface area contributed by atoms with Crippen molar-refractivity contribution in [3.05, 3.63) is 12.2 Å². The van der Waals surface area contributed by atoms with Crippen molar-refractivity contribution in [3.63, 3.8) is 0 Å². The summed E-state index contributed by atoms with van der Waals surface area (Å²) in [5.41, 5.74) is 0.462. The number of alkyl halides is 1. The highest BCUT2D eigenvalue weighted by Gasteiger charge is 2.07. The fraction of sp³-hybridized carbons (Fsp3) is 0.625. The Balaban J connectivity index is 3.65. The number of nitrogens with zero attached hydrogens (tertiary/aromatic N) is 1. The van der Waals surface area contributed by atoms with E-state index in [-0.39, 0.29) is 6.07 Å². The predicted molar refractivity (Wildman–Crippen MR) is 49.1 cm³/mol. The van der Waals surface area contributed by atoms with Crippen molar-refractivity contribution in [2.45, 2.75) is 6.42 Å². The molecule has 0 atom stereocenters. The maximum absolute atomic E-state index is 10.9. The van der Waals surface area contributed by atoms with Gasteiger partial charge < -0.3 is 9.64 Å². The first-order valence-electron chi connectivity index (χ1n) is 3.63. The van der Waals surface area contributed by atoms with Gasteiger partial charge in [0.05, 0.1) is 0 Å². The molecule has 3 nitrogen and oxygen atoms in total. The second kappa shape index (κ2) is 6.03. The molecule has 0 aromatic carbocycles. The number of esters is 1.